The fourth-order valence-corrected chi connectivity index (χ4v) is 11.3. The molecule has 19 heteroatoms. The summed E-state index contributed by atoms with van der Waals surface area (Å²) in [4.78, 5) is 84.2. The number of amides is 5. The molecule has 5 amide bonds. The number of nitrogens with one attached hydrogen (secondary N) is 2. The molecule has 67 heavy (non-hydrogen) atoms. The average molecular weight is 975 g/mol. The second-order valence-corrected chi connectivity index (χ2v) is 20.9. The van der Waals surface area contributed by atoms with E-state index in [1.54, 1.807) is 66.2 Å². The van der Waals surface area contributed by atoms with Crippen LogP contribution in [0.15, 0.2) is 35.9 Å². The van der Waals surface area contributed by atoms with Gasteiger partial charge in [0.2, 0.25) is 23.6 Å². The van der Waals surface area contributed by atoms with Crippen molar-refractivity contribution < 1.29 is 58.3 Å². The van der Waals surface area contributed by atoms with E-state index in [9.17, 15) is 44.1 Å². The molecule has 4 fully saturated rings. The number of aliphatic hydroxyl groups excluding tert-OH is 2. The van der Waals surface area contributed by atoms with Gasteiger partial charge in [-0.2, -0.15) is 0 Å². The molecule has 5 aliphatic rings. The molecular formula is C48H68ClN5O12S. The molecule has 0 radical (unpaired) electrons. The number of epoxide rings is 1. The lowest BCUT2D eigenvalue weighted by Crippen LogP contribution is -2.62. The third kappa shape index (κ3) is 12.1. The van der Waals surface area contributed by atoms with Gasteiger partial charge in [0.15, 0.2) is 5.72 Å². The second-order valence-electron chi connectivity index (χ2n) is 19.2. The molecule has 1 aliphatic carbocycles. The number of halogens is 1. The normalized spacial score (nSPS) is 33.3. The van der Waals surface area contributed by atoms with Crippen molar-refractivity contribution in [2.24, 2.45) is 23.7 Å². The number of fused-ring (bicyclic) bond motifs is 5. The van der Waals surface area contributed by atoms with Crippen LogP contribution in [-0.4, -0.2) is 148 Å². The van der Waals surface area contributed by atoms with Crippen LogP contribution in [0.5, 0.6) is 0 Å². The van der Waals surface area contributed by atoms with E-state index in [0.717, 1.165) is 36.8 Å². The van der Waals surface area contributed by atoms with E-state index < -0.39 is 77.3 Å². The summed E-state index contributed by atoms with van der Waals surface area (Å²) < 4.78 is 18.2. The van der Waals surface area contributed by atoms with Gasteiger partial charge >= 0.3 is 12.1 Å². The Kier molecular flexibility index (Phi) is 17.3. The zero-order chi connectivity index (χ0) is 49.0. The van der Waals surface area contributed by atoms with Crippen molar-refractivity contribution in [2.45, 2.75) is 133 Å². The summed E-state index contributed by atoms with van der Waals surface area (Å²) in [6.45, 7) is 7.06. The minimum atomic E-state index is -1.88. The van der Waals surface area contributed by atoms with Gasteiger partial charge in [0.1, 0.15) is 23.9 Å². The number of rotatable bonds is 13. The Morgan fingerprint density at radius 1 is 1.12 bits per heavy atom. The van der Waals surface area contributed by atoms with Crippen LogP contribution in [0, 0.1) is 23.7 Å². The van der Waals surface area contributed by atoms with Gasteiger partial charge in [-0.3, -0.25) is 39.1 Å². The minimum Gasteiger partial charge on any atom is -0.457 e. The Bertz CT molecular complexity index is 2100. The molecule has 5 N–H and O–H groups in total. The summed E-state index contributed by atoms with van der Waals surface area (Å²) in [7, 11) is 4.97. The first-order valence-electron chi connectivity index (χ1n) is 23.3. The molecule has 1 aromatic carbocycles. The maximum atomic E-state index is 14.3. The lowest BCUT2D eigenvalue weighted by Gasteiger charge is -2.42. The molecule has 1 aromatic rings. The van der Waals surface area contributed by atoms with Gasteiger partial charge in [0.05, 0.1) is 41.7 Å². The number of hydrogen-bond donors (Lipinski definition) is 5. The molecule has 9 atom stereocenters. The molecule has 3 saturated heterocycles. The smallest absolute Gasteiger partial charge is 0.409 e. The van der Waals surface area contributed by atoms with E-state index in [4.69, 9.17) is 25.8 Å². The van der Waals surface area contributed by atoms with Crippen LogP contribution in [0.25, 0.3) is 0 Å². The van der Waals surface area contributed by atoms with Crippen molar-refractivity contribution in [1.82, 2.24) is 20.4 Å². The van der Waals surface area contributed by atoms with Gasteiger partial charge in [0.25, 0.3) is 0 Å². The van der Waals surface area contributed by atoms with Crippen LogP contribution in [0.4, 0.5) is 10.5 Å². The van der Waals surface area contributed by atoms with Gasteiger partial charge in [0, 0.05) is 51.2 Å². The highest BCUT2D eigenvalue weighted by Gasteiger charge is 2.64. The van der Waals surface area contributed by atoms with E-state index in [0.29, 0.717) is 42.9 Å². The molecule has 4 heterocycles. The first-order valence-corrected chi connectivity index (χ1v) is 24.8. The average Bonchev–Trinajstić information content (AvgIpc) is 3.93. The maximum Gasteiger partial charge on any atom is 0.409 e. The number of aliphatic hydroxyl groups is 3. The summed E-state index contributed by atoms with van der Waals surface area (Å²) in [5.74, 6) is -2.12. The van der Waals surface area contributed by atoms with Gasteiger partial charge in [-0.25, -0.2) is 4.79 Å². The Morgan fingerprint density at radius 3 is 2.51 bits per heavy atom. The van der Waals surface area contributed by atoms with E-state index >= 15 is 0 Å². The predicted molar refractivity (Wildman–Crippen MR) is 252 cm³/mol. The van der Waals surface area contributed by atoms with Gasteiger partial charge in [-0.1, -0.05) is 48.4 Å². The zero-order valence-corrected chi connectivity index (χ0v) is 41.2. The highest BCUT2D eigenvalue weighted by molar-refractivity contribution is 8.00. The highest BCUT2D eigenvalue weighted by Crippen LogP contribution is 2.49. The van der Waals surface area contributed by atoms with Crippen molar-refractivity contribution in [3.8, 4) is 0 Å². The van der Waals surface area contributed by atoms with Gasteiger partial charge in [-0.05, 0) is 102 Å². The number of esters is 1. The number of likely N-dealkylation sites (N-methyl/N-ethyl adjacent to an activating group) is 1. The first-order chi connectivity index (χ1) is 31.7. The van der Waals surface area contributed by atoms with Crippen LogP contribution >= 0.6 is 23.4 Å². The molecule has 1 unspecified atom stereocenters. The number of alkyl carbamates (subject to hydrolysis) is 1. The number of anilines is 1. The van der Waals surface area contributed by atoms with Gasteiger partial charge in [-0.15, -0.1) is 11.8 Å². The standard InChI is InChI=1S/C48H68ClN5O12S/c1-27-10-8-11-34(26-56)48(63)23-36(64-46(62)51-48)28(2)42-47(4,66-42)38(22-39(57)53(7)35-20-31(18-27)19-33(25-55)41(35)49)65-45(61)29(3)52(6)16-9-17-67-37-21-40(58)54(44(37)60)24-30-12-14-32(15-13-30)43(59)50-5/h8,10-11,19-20,28-30,32,34,36-38,42,55-56,63H,9,12-18,21-26H2,1-7H3,(H,50,59)(H,51,62)/b11-8+,27-10+/t28-,29+,30?,32?,34+,36+,37?,38+,42+,47+,48+/m1/s1. The maximum absolute atomic E-state index is 14.3. The quantitative estimate of drug-likeness (QED) is 0.0819. The number of carbonyl (C=O) groups is 6. The number of nitrogens with zero attached hydrogens (tertiary/aromatic N) is 3. The number of thioether (sulfide) groups is 1. The van der Waals surface area contributed by atoms with Crippen LogP contribution in [0.2, 0.25) is 5.02 Å². The zero-order valence-electron chi connectivity index (χ0n) is 39.6. The van der Waals surface area contributed by atoms with Crippen LogP contribution in [-0.2, 0) is 51.2 Å². The number of hydrogen-bond acceptors (Lipinski definition) is 14. The van der Waals surface area contributed by atoms with E-state index in [1.165, 1.54) is 21.6 Å². The van der Waals surface area contributed by atoms with Crippen molar-refractivity contribution in [3.05, 3.63) is 52.1 Å². The number of carbonyl (C=O) groups excluding carboxylic acids is 6. The number of likely N-dealkylation sites (tertiary alicyclic amines) is 1. The van der Waals surface area contributed by atoms with Crippen LogP contribution in [0.3, 0.4) is 0 Å². The second kappa shape index (κ2) is 22.1. The number of allylic oxidation sites excluding steroid dienone is 3. The Hall–Kier alpha value is -4.04. The molecule has 6 rings (SSSR count). The van der Waals surface area contributed by atoms with Gasteiger partial charge < -0.3 is 39.7 Å². The largest absolute Gasteiger partial charge is 0.457 e. The summed E-state index contributed by atoms with van der Waals surface area (Å²) in [5, 5.41) is 37.4. The fourth-order valence-electron chi connectivity index (χ4n) is 9.89. The monoisotopic (exact) mass is 973 g/mol. The Balaban J connectivity index is 1.13. The van der Waals surface area contributed by atoms with E-state index in [1.807, 2.05) is 17.9 Å². The van der Waals surface area contributed by atoms with Crippen LogP contribution < -0.4 is 15.5 Å². The summed E-state index contributed by atoms with van der Waals surface area (Å²) >= 11 is 8.21. The topological polar surface area (TPSA) is 228 Å². The first kappa shape index (κ1) is 52.3. The summed E-state index contributed by atoms with van der Waals surface area (Å²) in [5.41, 5.74) is -0.716. The van der Waals surface area contributed by atoms with Crippen molar-refractivity contribution in [1.29, 1.82) is 0 Å². The Labute approximate surface area is 402 Å². The highest BCUT2D eigenvalue weighted by atomic mass is 35.5. The predicted octanol–water partition coefficient (Wildman–Crippen LogP) is 3.87. The number of imide groups is 1. The summed E-state index contributed by atoms with van der Waals surface area (Å²) in [6.07, 6.45) is 5.33. The lowest BCUT2D eigenvalue weighted by molar-refractivity contribution is -0.159. The molecule has 0 aromatic heterocycles. The molecular weight excluding hydrogens is 906 g/mol. The van der Waals surface area contributed by atoms with Crippen LogP contribution in [0.1, 0.15) is 90.2 Å². The number of benzene rings is 1. The summed E-state index contributed by atoms with van der Waals surface area (Å²) in [6, 6.07) is 2.75. The molecule has 4 aliphatic heterocycles. The van der Waals surface area contributed by atoms with E-state index in [2.05, 4.69) is 10.6 Å². The third-order valence-electron chi connectivity index (χ3n) is 14.5. The molecule has 370 valence electrons. The molecule has 1 saturated carbocycles. The lowest BCUT2D eigenvalue weighted by atomic mass is 9.81. The SMILES string of the molecule is CNC(=O)C1CCC(CN2C(=O)CC(SCCCN(C)[C@@H](C)C(=O)O[C@H]3CC(=O)N(C)c4cc(cc(CO)c4Cl)C/C(C)=C/C=C/[C@@H](CO)[C@@]4(O)C[C@H](OC(=O)N4)[C@@H](C)[C@@H]4O[C@@]34C)C2=O)CC1. The number of ether oxygens (including phenoxy) is 3. The molecule has 17 nitrogen and oxygen atoms in total. The molecule has 0 spiro atoms. The molecule has 4 bridgehead atoms. The Morgan fingerprint density at radius 2 is 1.84 bits per heavy atom. The van der Waals surface area contributed by atoms with Crippen molar-refractivity contribution in [3.63, 3.8) is 0 Å². The van der Waals surface area contributed by atoms with E-state index in [-0.39, 0.29) is 60.4 Å². The third-order valence-corrected chi connectivity index (χ3v) is 16.2. The van der Waals surface area contributed by atoms with Crippen molar-refractivity contribution in [2.75, 3.05) is 51.5 Å². The minimum absolute atomic E-state index is 0.0259. The van der Waals surface area contributed by atoms with Crippen molar-refractivity contribution >= 4 is 64.7 Å². The fraction of sp³-hybridized carbons (Fsp3) is 0.667.